The molecule has 0 saturated carbocycles. The van der Waals surface area contributed by atoms with Crippen LogP contribution in [0.5, 0.6) is 0 Å². The summed E-state index contributed by atoms with van der Waals surface area (Å²) in [7, 11) is -3.70. The van der Waals surface area contributed by atoms with Gasteiger partial charge in [0.05, 0.1) is 10.6 Å². The predicted octanol–water partition coefficient (Wildman–Crippen LogP) is 3.41. The number of hydrogen-bond donors (Lipinski definition) is 2. The van der Waals surface area contributed by atoms with E-state index in [1.807, 2.05) is 30.3 Å². The minimum atomic E-state index is -3.70. The van der Waals surface area contributed by atoms with Crippen LogP contribution < -0.4 is 10.0 Å². The summed E-state index contributed by atoms with van der Waals surface area (Å²) in [5, 5.41) is 1.91. The van der Waals surface area contributed by atoms with Gasteiger partial charge in [-0.3, -0.25) is 9.59 Å². The standard InChI is InChI=1S/C24H29N3O4S2/c28-23-22(24(29)27-15-6-1-2-7-16-27)32-21-13-12-19(17-20(21)26-23)33(30,31)25-14-8-11-18-9-4-3-5-10-18/h3-5,9-10,12-13,17,22,25H,1-2,6-8,11,14-16H2,(H,26,28)/t22-/m1/s1. The highest BCUT2D eigenvalue weighted by Gasteiger charge is 2.36. The minimum absolute atomic E-state index is 0.0964. The molecule has 2 aliphatic heterocycles. The summed E-state index contributed by atoms with van der Waals surface area (Å²) in [6.45, 7) is 1.69. The molecule has 2 aromatic carbocycles. The third kappa shape index (κ3) is 5.96. The summed E-state index contributed by atoms with van der Waals surface area (Å²) >= 11 is 1.19. The SMILES string of the molecule is O=C1Nc2cc(S(=O)(=O)NCCCc3ccccc3)ccc2S[C@H]1C(=O)N1CCCCCC1. The van der Waals surface area contributed by atoms with Crippen molar-refractivity contribution in [3.8, 4) is 0 Å². The molecule has 0 spiro atoms. The van der Waals surface area contributed by atoms with E-state index in [1.54, 1.807) is 11.0 Å². The molecule has 2 amide bonds. The fourth-order valence-corrected chi connectivity index (χ4v) is 6.26. The Bertz CT molecular complexity index is 1100. The van der Waals surface area contributed by atoms with Crippen molar-refractivity contribution in [1.82, 2.24) is 9.62 Å². The zero-order valence-corrected chi connectivity index (χ0v) is 20.1. The molecule has 0 aliphatic carbocycles. The van der Waals surface area contributed by atoms with E-state index in [9.17, 15) is 18.0 Å². The molecule has 9 heteroatoms. The lowest BCUT2D eigenvalue weighted by molar-refractivity contribution is -0.133. The van der Waals surface area contributed by atoms with Gasteiger partial charge in [-0.05, 0) is 49.4 Å². The molecule has 2 aromatic rings. The van der Waals surface area contributed by atoms with E-state index in [-0.39, 0.29) is 10.8 Å². The Balaban J connectivity index is 1.38. The molecule has 7 nitrogen and oxygen atoms in total. The van der Waals surface area contributed by atoms with E-state index < -0.39 is 21.2 Å². The average molecular weight is 488 g/mol. The number of nitrogens with one attached hydrogen (secondary N) is 2. The van der Waals surface area contributed by atoms with E-state index in [4.69, 9.17) is 0 Å². The third-order valence-electron chi connectivity index (χ3n) is 5.92. The molecule has 176 valence electrons. The maximum absolute atomic E-state index is 12.9. The minimum Gasteiger partial charge on any atom is -0.341 e. The normalized spacial score (nSPS) is 18.8. The molecule has 0 aromatic heterocycles. The summed E-state index contributed by atoms with van der Waals surface area (Å²) in [5.74, 6) is -0.561. The van der Waals surface area contributed by atoms with E-state index in [0.717, 1.165) is 37.7 Å². The number of amides is 2. The number of carbonyl (C=O) groups is 2. The Morgan fingerprint density at radius 1 is 1.06 bits per heavy atom. The second-order valence-electron chi connectivity index (χ2n) is 8.37. The first-order valence-corrected chi connectivity index (χ1v) is 13.7. The van der Waals surface area contributed by atoms with Crippen molar-refractivity contribution in [3.63, 3.8) is 0 Å². The van der Waals surface area contributed by atoms with Gasteiger partial charge >= 0.3 is 0 Å². The first kappa shape index (κ1) is 23.8. The van der Waals surface area contributed by atoms with Crippen LogP contribution >= 0.6 is 11.8 Å². The number of fused-ring (bicyclic) bond motifs is 1. The van der Waals surface area contributed by atoms with Gasteiger partial charge in [0.1, 0.15) is 0 Å². The van der Waals surface area contributed by atoms with E-state index in [1.165, 1.54) is 23.9 Å². The lowest BCUT2D eigenvalue weighted by atomic mass is 10.1. The Morgan fingerprint density at radius 2 is 1.79 bits per heavy atom. The monoisotopic (exact) mass is 487 g/mol. The number of sulfonamides is 1. The van der Waals surface area contributed by atoms with Crippen LogP contribution in [0.3, 0.4) is 0 Å². The van der Waals surface area contributed by atoms with Crippen molar-refractivity contribution in [3.05, 3.63) is 54.1 Å². The topological polar surface area (TPSA) is 95.6 Å². The fourth-order valence-electron chi connectivity index (χ4n) is 4.10. The smallest absolute Gasteiger partial charge is 0.247 e. The fraction of sp³-hybridized carbons (Fsp3) is 0.417. The summed E-state index contributed by atoms with van der Waals surface area (Å²) in [6.07, 6.45) is 5.60. The van der Waals surface area contributed by atoms with E-state index in [2.05, 4.69) is 10.0 Å². The number of carbonyl (C=O) groups excluding carboxylic acids is 2. The second-order valence-corrected chi connectivity index (χ2v) is 11.3. The lowest BCUT2D eigenvalue weighted by Gasteiger charge is -2.28. The van der Waals surface area contributed by atoms with Crippen LogP contribution in [0.4, 0.5) is 5.69 Å². The average Bonchev–Trinajstić information content (AvgIpc) is 3.11. The molecule has 33 heavy (non-hydrogen) atoms. The van der Waals surface area contributed by atoms with Crippen LogP contribution in [0.25, 0.3) is 0 Å². The van der Waals surface area contributed by atoms with Gasteiger partial charge in [0, 0.05) is 24.5 Å². The number of likely N-dealkylation sites (tertiary alicyclic amines) is 1. The Morgan fingerprint density at radius 3 is 2.52 bits per heavy atom. The Labute approximate surface area is 199 Å². The van der Waals surface area contributed by atoms with Gasteiger partial charge < -0.3 is 10.2 Å². The molecular formula is C24H29N3O4S2. The van der Waals surface area contributed by atoms with Gasteiger partial charge in [-0.1, -0.05) is 43.2 Å². The highest BCUT2D eigenvalue weighted by atomic mass is 32.2. The van der Waals surface area contributed by atoms with E-state index >= 15 is 0 Å². The maximum Gasteiger partial charge on any atom is 0.247 e. The van der Waals surface area contributed by atoms with Gasteiger partial charge in [0.25, 0.3) is 0 Å². The van der Waals surface area contributed by atoms with Gasteiger partial charge in [0.2, 0.25) is 21.8 Å². The molecule has 4 rings (SSSR count). The molecule has 2 N–H and O–H groups in total. The van der Waals surface area contributed by atoms with Crippen LogP contribution in [0, 0.1) is 0 Å². The van der Waals surface area contributed by atoms with Crippen molar-refractivity contribution in [1.29, 1.82) is 0 Å². The quantitative estimate of drug-likeness (QED) is 0.461. The van der Waals surface area contributed by atoms with Crippen LogP contribution in [0.1, 0.15) is 37.7 Å². The molecule has 2 aliphatic rings. The first-order valence-electron chi connectivity index (χ1n) is 11.4. The summed E-state index contributed by atoms with van der Waals surface area (Å²) in [5.41, 5.74) is 1.59. The third-order valence-corrected chi connectivity index (χ3v) is 8.64. The zero-order valence-electron chi connectivity index (χ0n) is 18.5. The Hall–Kier alpha value is -2.36. The number of anilines is 1. The van der Waals surface area contributed by atoms with Crippen LogP contribution in [0.15, 0.2) is 58.3 Å². The highest BCUT2D eigenvalue weighted by molar-refractivity contribution is 8.01. The lowest BCUT2D eigenvalue weighted by Crippen LogP contribution is -2.45. The van der Waals surface area contributed by atoms with Crippen molar-refractivity contribution < 1.29 is 18.0 Å². The summed E-state index contributed by atoms with van der Waals surface area (Å²) in [6, 6.07) is 14.6. The van der Waals surface area contributed by atoms with Gasteiger partial charge in [-0.25, -0.2) is 13.1 Å². The molecule has 0 bridgehead atoms. The van der Waals surface area contributed by atoms with Gasteiger partial charge in [0.15, 0.2) is 5.25 Å². The van der Waals surface area contributed by atoms with Gasteiger partial charge in [-0.2, -0.15) is 0 Å². The van der Waals surface area contributed by atoms with Crippen LogP contribution in [0.2, 0.25) is 0 Å². The number of nitrogens with zero attached hydrogens (tertiary/aromatic N) is 1. The maximum atomic E-state index is 12.9. The highest BCUT2D eigenvalue weighted by Crippen LogP contribution is 2.38. The summed E-state index contributed by atoms with van der Waals surface area (Å²) in [4.78, 5) is 28.2. The summed E-state index contributed by atoms with van der Waals surface area (Å²) < 4.78 is 28.1. The second kappa shape index (κ2) is 10.7. The zero-order chi connectivity index (χ0) is 23.3. The predicted molar refractivity (Wildman–Crippen MR) is 130 cm³/mol. The molecule has 1 atom stereocenters. The van der Waals surface area contributed by atoms with Crippen molar-refractivity contribution in [2.75, 3.05) is 25.0 Å². The number of benzene rings is 2. The van der Waals surface area contributed by atoms with Crippen LogP contribution in [-0.4, -0.2) is 50.0 Å². The van der Waals surface area contributed by atoms with Crippen molar-refractivity contribution in [2.24, 2.45) is 0 Å². The molecule has 0 unspecified atom stereocenters. The van der Waals surface area contributed by atoms with E-state index in [0.29, 0.717) is 36.6 Å². The molecule has 1 saturated heterocycles. The number of aryl methyl sites for hydroxylation is 1. The number of thioether (sulfide) groups is 1. The molecule has 1 fully saturated rings. The number of rotatable bonds is 7. The largest absolute Gasteiger partial charge is 0.341 e. The van der Waals surface area contributed by atoms with Crippen molar-refractivity contribution >= 4 is 39.3 Å². The van der Waals surface area contributed by atoms with Crippen molar-refractivity contribution in [2.45, 2.75) is 53.6 Å². The van der Waals surface area contributed by atoms with Gasteiger partial charge in [-0.15, -0.1) is 11.8 Å². The van der Waals surface area contributed by atoms with Crippen LogP contribution in [-0.2, 0) is 26.0 Å². The molecule has 2 heterocycles. The Kier molecular flexibility index (Phi) is 7.72. The molecular weight excluding hydrogens is 458 g/mol. The number of hydrogen-bond acceptors (Lipinski definition) is 5. The molecule has 0 radical (unpaired) electrons. The first-order chi connectivity index (χ1) is 15.9.